The van der Waals surface area contributed by atoms with Gasteiger partial charge in [-0.3, -0.25) is 37.3 Å². The Bertz CT molecular complexity index is 1750. The normalized spacial score (nSPS) is 14.0. The van der Waals surface area contributed by atoms with Crippen molar-refractivity contribution in [2.24, 2.45) is 5.92 Å². The minimum Gasteiger partial charge on any atom is -0.462 e. The van der Waals surface area contributed by atoms with Gasteiger partial charge in [-0.2, -0.15) is 0 Å². The molecule has 0 aromatic carbocycles. The fourth-order valence-electron chi connectivity index (χ4n) is 11.0. The molecule has 0 aromatic rings. The fraction of sp³-hybridized carbons (Fsp3) is 0.944. The molecule has 3 N–H and O–H groups in total. The zero-order valence-corrected chi connectivity index (χ0v) is 60.8. The highest BCUT2D eigenvalue weighted by molar-refractivity contribution is 7.47. The Morgan fingerprint density at radius 1 is 0.297 bits per heavy atom. The van der Waals surface area contributed by atoms with E-state index in [0.717, 1.165) is 95.8 Å². The van der Waals surface area contributed by atoms with E-state index >= 15 is 0 Å². The van der Waals surface area contributed by atoms with Gasteiger partial charge >= 0.3 is 39.5 Å². The molecule has 0 heterocycles. The summed E-state index contributed by atoms with van der Waals surface area (Å²) in [5.74, 6) is -1.35. The van der Waals surface area contributed by atoms with Crippen LogP contribution in [-0.4, -0.2) is 96.7 Å². The second-order valence-electron chi connectivity index (χ2n) is 26.5. The van der Waals surface area contributed by atoms with Crippen molar-refractivity contribution in [3.8, 4) is 0 Å². The van der Waals surface area contributed by atoms with E-state index in [-0.39, 0.29) is 25.7 Å². The van der Waals surface area contributed by atoms with Crippen molar-refractivity contribution in [1.29, 1.82) is 0 Å². The van der Waals surface area contributed by atoms with E-state index in [0.29, 0.717) is 25.7 Å². The highest BCUT2D eigenvalue weighted by Crippen LogP contribution is 2.45. The number of carbonyl (C=O) groups is 4. The fourth-order valence-corrected chi connectivity index (χ4v) is 12.6. The van der Waals surface area contributed by atoms with Crippen LogP contribution in [0, 0.1) is 5.92 Å². The molecule has 540 valence electrons. The average molecular weight is 1340 g/mol. The van der Waals surface area contributed by atoms with Crippen LogP contribution in [0.1, 0.15) is 375 Å². The van der Waals surface area contributed by atoms with Crippen molar-refractivity contribution in [3.05, 3.63) is 0 Å². The Labute approximate surface area is 556 Å². The lowest BCUT2D eigenvalue weighted by Crippen LogP contribution is -2.30. The van der Waals surface area contributed by atoms with Gasteiger partial charge in [0.1, 0.15) is 19.3 Å². The van der Waals surface area contributed by atoms with Gasteiger partial charge in [-0.25, -0.2) is 9.13 Å². The summed E-state index contributed by atoms with van der Waals surface area (Å²) in [7, 11) is -9.90. The third-order valence-electron chi connectivity index (χ3n) is 16.8. The Balaban J connectivity index is 5.26. The lowest BCUT2D eigenvalue weighted by atomic mass is 10.0. The van der Waals surface area contributed by atoms with Gasteiger partial charge in [-0.05, 0) is 31.6 Å². The largest absolute Gasteiger partial charge is 0.472 e. The number of phosphoric acid groups is 2. The van der Waals surface area contributed by atoms with E-state index in [1.165, 1.54) is 199 Å². The van der Waals surface area contributed by atoms with Gasteiger partial charge in [-0.15, -0.1) is 0 Å². The number of unbranched alkanes of at least 4 members (excludes halogenated alkanes) is 44. The molecule has 0 aliphatic rings. The minimum absolute atomic E-state index is 0.107. The van der Waals surface area contributed by atoms with E-state index in [2.05, 4.69) is 34.6 Å². The number of rotatable bonds is 72. The van der Waals surface area contributed by atoms with Gasteiger partial charge in [0.2, 0.25) is 0 Å². The first-order valence-electron chi connectivity index (χ1n) is 37.6. The maximum atomic E-state index is 13.0. The third-order valence-corrected chi connectivity index (χ3v) is 18.7. The molecule has 0 bridgehead atoms. The molecule has 19 heteroatoms. The molecule has 0 saturated heterocycles. The number of aliphatic hydroxyl groups excluding tert-OH is 1. The van der Waals surface area contributed by atoms with Crippen molar-refractivity contribution < 1.29 is 80.2 Å². The quantitative estimate of drug-likeness (QED) is 0.0222. The van der Waals surface area contributed by atoms with Crippen LogP contribution in [0.25, 0.3) is 0 Å². The molecule has 0 aliphatic heterocycles. The van der Waals surface area contributed by atoms with Gasteiger partial charge in [0.25, 0.3) is 0 Å². The van der Waals surface area contributed by atoms with E-state index < -0.39 is 97.5 Å². The van der Waals surface area contributed by atoms with Crippen LogP contribution in [0.2, 0.25) is 0 Å². The Morgan fingerprint density at radius 3 is 0.747 bits per heavy atom. The van der Waals surface area contributed by atoms with Gasteiger partial charge in [0.05, 0.1) is 26.4 Å². The SMILES string of the molecule is CCCCCCCCCCCCCCCC(=O)OC[C@H](COP(=O)(O)OC[C@@H](O)COP(=O)(O)OC[C@@H](COC(=O)CCCCCCCCCCCCCC)OC(=O)CCCCCCCCCCCCCC)OC(=O)CCCCCCCCCCCCCC(C)C. The van der Waals surface area contributed by atoms with E-state index in [9.17, 15) is 43.2 Å². The van der Waals surface area contributed by atoms with E-state index in [4.69, 9.17) is 37.0 Å². The molecule has 91 heavy (non-hydrogen) atoms. The Morgan fingerprint density at radius 2 is 0.505 bits per heavy atom. The molecule has 0 saturated carbocycles. The minimum atomic E-state index is -4.95. The first-order chi connectivity index (χ1) is 44.0. The number of phosphoric ester groups is 2. The monoisotopic (exact) mass is 1340 g/mol. The second kappa shape index (κ2) is 65.4. The molecule has 0 spiro atoms. The summed E-state index contributed by atoms with van der Waals surface area (Å²) in [5, 5.41) is 10.6. The number of esters is 4. The number of carbonyl (C=O) groups excluding carboxylic acids is 4. The van der Waals surface area contributed by atoms with E-state index in [1.54, 1.807) is 0 Å². The summed E-state index contributed by atoms with van der Waals surface area (Å²) in [6, 6.07) is 0. The topological polar surface area (TPSA) is 237 Å². The number of hydrogen-bond donors (Lipinski definition) is 3. The van der Waals surface area contributed by atoms with Crippen LogP contribution >= 0.6 is 15.6 Å². The van der Waals surface area contributed by atoms with Gasteiger partial charge < -0.3 is 33.8 Å². The van der Waals surface area contributed by atoms with Gasteiger partial charge in [-0.1, -0.05) is 324 Å². The van der Waals surface area contributed by atoms with Gasteiger partial charge in [0.15, 0.2) is 12.2 Å². The summed E-state index contributed by atoms with van der Waals surface area (Å²) in [5.41, 5.74) is 0. The molecular formula is C72H140O17P2. The second-order valence-corrected chi connectivity index (χ2v) is 29.4. The first-order valence-corrected chi connectivity index (χ1v) is 40.6. The van der Waals surface area contributed by atoms with Crippen molar-refractivity contribution in [1.82, 2.24) is 0 Å². The smallest absolute Gasteiger partial charge is 0.462 e. The van der Waals surface area contributed by atoms with Crippen LogP contribution < -0.4 is 0 Å². The van der Waals surface area contributed by atoms with Gasteiger partial charge in [0, 0.05) is 25.7 Å². The average Bonchev–Trinajstić information content (AvgIpc) is 3.70. The zero-order chi connectivity index (χ0) is 67.0. The Kier molecular flexibility index (Phi) is 64.0. The summed E-state index contributed by atoms with van der Waals surface area (Å²) < 4.78 is 68.4. The van der Waals surface area contributed by atoms with Crippen LogP contribution in [0.4, 0.5) is 0 Å². The molecule has 0 radical (unpaired) electrons. The zero-order valence-electron chi connectivity index (χ0n) is 59.0. The van der Waals surface area contributed by atoms with Crippen molar-refractivity contribution in [2.75, 3.05) is 39.6 Å². The molecule has 0 aliphatic carbocycles. The maximum Gasteiger partial charge on any atom is 0.472 e. The van der Waals surface area contributed by atoms with Crippen molar-refractivity contribution in [3.63, 3.8) is 0 Å². The lowest BCUT2D eigenvalue weighted by Gasteiger charge is -2.21. The maximum absolute atomic E-state index is 13.0. The molecule has 0 rings (SSSR count). The predicted octanol–water partition coefficient (Wildman–Crippen LogP) is 20.9. The van der Waals surface area contributed by atoms with Crippen LogP contribution in [0.15, 0.2) is 0 Å². The molecule has 5 atom stereocenters. The summed E-state index contributed by atoms with van der Waals surface area (Å²) in [6.07, 6.45) is 52.5. The molecule has 0 fully saturated rings. The Hall–Kier alpha value is -1.94. The van der Waals surface area contributed by atoms with Crippen LogP contribution in [0.3, 0.4) is 0 Å². The number of ether oxygens (including phenoxy) is 4. The molecular weight excluding hydrogens is 1200 g/mol. The van der Waals surface area contributed by atoms with Crippen LogP contribution in [-0.2, 0) is 65.4 Å². The molecule has 0 amide bonds. The number of hydrogen-bond acceptors (Lipinski definition) is 15. The van der Waals surface area contributed by atoms with Crippen molar-refractivity contribution in [2.45, 2.75) is 393 Å². The third kappa shape index (κ3) is 66.5. The van der Waals surface area contributed by atoms with Crippen molar-refractivity contribution >= 4 is 39.5 Å². The van der Waals surface area contributed by atoms with E-state index in [1.807, 2.05) is 0 Å². The summed E-state index contributed by atoms with van der Waals surface area (Å²) in [6.45, 7) is 7.27. The highest BCUT2D eigenvalue weighted by atomic mass is 31.2. The highest BCUT2D eigenvalue weighted by Gasteiger charge is 2.30. The molecule has 0 aromatic heterocycles. The standard InChI is InChI=1S/C72H140O17P2/c1-6-9-12-15-18-21-24-27-32-36-41-46-51-56-70(75)83-62-68(89-72(77)58-53-48-43-38-33-28-29-34-39-44-49-54-65(4)5)64-87-91(80,81)85-60-66(73)59-84-90(78,79)86-63-67(88-71(76)57-52-47-42-37-31-26-23-20-17-14-11-8-3)61-82-69(74)55-50-45-40-35-30-25-22-19-16-13-10-7-2/h65-68,73H,6-64H2,1-5H3,(H,78,79)(H,80,81)/t66-,67+,68+/m0/s1. The predicted molar refractivity (Wildman–Crippen MR) is 368 cm³/mol. The lowest BCUT2D eigenvalue weighted by molar-refractivity contribution is -0.161. The first kappa shape index (κ1) is 89.1. The molecule has 2 unspecified atom stereocenters. The number of aliphatic hydroxyl groups is 1. The van der Waals surface area contributed by atoms with Crippen LogP contribution in [0.5, 0.6) is 0 Å². The molecule has 17 nitrogen and oxygen atoms in total. The summed E-state index contributed by atoms with van der Waals surface area (Å²) in [4.78, 5) is 72.7. The summed E-state index contributed by atoms with van der Waals surface area (Å²) >= 11 is 0.